The minimum Gasteiger partial charge on any atom is -0.493 e. The van der Waals surface area contributed by atoms with Crippen molar-refractivity contribution in [3.05, 3.63) is 176 Å². The summed E-state index contributed by atoms with van der Waals surface area (Å²) in [5.41, 5.74) is -1.30. The van der Waals surface area contributed by atoms with Crippen molar-refractivity contribution in [2.75, 3.05) is 19.8 Å². The monoisotopic (exact) mass is 1040 g/mol. The van der Waals surface area contributed by atoms with E-state index in [9.17, 15) is 60.7 Å². The summed E-state index contributed by atoms with van der Waals surface area (Å²) < 4.78 is 124. The SMILES string of the molecule is O=[N+]([O-])c1ccccc1S(=O)(=O)N[C@H]1C=CO[C@H](CO[C@@H]2C=C[C@H](NS(=O)(=O)c3ccccc3[N+](=O)[O-])[C@@H](CO[C@@H]3C=C[C@H](NS(=O)(=O)c4ccccc4[N+](=O)[O-])[C@@H](COCc4ccccc4)O3)O2)[C@@H]1O. The minimum absolute atomic E-state index is 0.0819. The lowest BCUT2D eigenvalue weighted by Crippen LogP contribution is -2.53. The lowest BCUT2D eigenvalue weighted by atomic mass is 10.1. The molecular formula is C43H44N6O19S3. The molecule has 0 aliphatic carbocycles. The molecule has 3 aliphatic rings. The number of hydrogen-bond acceptors (Lipinski definition) is 19. The molecule has 3 heterocycles. The quantitative estimate of drug-likeness (QED) is 0.0499. The maximum Gasteiger partial charge on any atom is 0.289 e. The van der Waals surface area contributed by atoms with E-state index >= 15 is 0 Å². The van der Waals surface area contributed by atoms with Crippen LogP contribution in [0.15, 0.2) is 154 Å². The van der Waals surface area contributed by atoms with Crippen molar-refractivity contribution in [3.63, 3.8) is 0 Å². The van der Waals surface area contributed by atoms with E-state index in [1.54, 1.807) is 30.3 Å². The molecule has 25 nitrogen and oxygen atoms in total. The first-order valence-corrected chi connectivity index (χ1v) is 25.6. The molecule has 0 radical (unpaired) electrons. The van der Waals surface area contributed by atoms with Gasteiger partial charge in [-0.1, -0.05) is 78.9 Å². The molecule has 0 aromatic heterocycles. The third-order valence-electron chi connectivity index (χ3n) is 10.8. The highest BCUT2D eigenvalue weighted by atomic mass is 32.2. The normalized spacial score (nSPS) is 24.5. The highest BCUT2D eigenvalue weighted by Crippen LogP contribution is 2.29. The van der Waals surface area contributed by atoms with Crippen LogP contribution in [0.3, 0.4) is 0 Å². The van der Waals surface area contributed by atoms with Crippen molar-refractivity contribution in [2.24, 2.45) is 0 Å². The average molecular weight is 1050 g/mol. The maximum atomic E-state index is 13.7. The van der Waals surface area contributed by atoms with Crippen LogP contribution in [0.25, 0.3) is 0 Å². The number of nitrogens with one attached hydrogen (secondary N) is 3. The number of sulfonamides is 3. The van der Waals surface area contributed by atoms with Gasteiger partial charge in [0.15, 0.2) is 27.3 Å². The van der Waals surface area contributed by atoms with Crippen LogP contribution in [0, 0.1) is 30.3 Å². The van der Waals surface area contributed by atoms with Crippen LogP contribution >= 0.6 is 0 Å². The first-order chi connectivity index (χ1) is 33.8. The van der Waals surface area contributed by atoms with Gasteiger partial charge in [0.2, 0.25) is 30.1 Å². The van der Waals surface area contributed by atoms with Crippen LogP contribution in [0.1, 0.15) is 5.56 Å². The van der Waals surface area contributed by atoms with E-state index < -0.39 is 145 Å². The van der Waals surface area contributed by atoms with Crippen LogP contribution in [-0.2, 0) is 65.1 Å². The molecule has 0 fully saturated rings. The number of hydrogen-bond donors (Lipinski definition) is 4. The molecule has 9 atom stereocenters. The third-order valence-corrected chi connectivity index (χ3v) is 15.3. The number of nitro groups is 3. The summed E-state index contributed by atoms with van der Waals surface area (Å²) in [6.07, 6.45) is -0.362. The molecule has 378 valence electrons. The number of para-hydroxylation sites is 3. The van der Waals surface area contributed by atoms with E-state index in [4.69, 9.17) is 28.4 Å². The van der Waals surface area contributed by atoms with Crippen molar-refractivity contribution in [3.8, 4) is 0 Å². The van der Waals surface area contributed by atoms with E-state index in [1.807, 2.05) is 0 Å². The van der Waals surface area contributed by atoms with Gasteiger partial charge in [-0.3, -0.25) is 30.3 Å². The van der Waals surface area contributed by atoms with E-state index in [-0.39, 0.29) is 13.2 Å². The van der Waals surface area contributed by atoms with Gasteiger partial charge in [-0.25, -0.2) is 39.4 Å². The highest BCUT2D eigenvalue weighted by Gasteiger charge is 2.40. The van der Waals surface area contributed by atoms with Gasteiger partial charge in [0.25, 0.3) is 17.1 Å². The molecule has 0 saturated carbocycles. The first-order valence-electron chi connectivity index (χ1n) is 21.1. The Balaban J connectivity index is 1.08. The Bertz CT molecular complexity index is 3020. The van der Waals surface area contributed by atoms with Crippen molar-refractivity contribution >= 4 is 47.1 Å². The Morgan fingerprint density at radius 2 is 0.901 bits per heavy atom. The molecule has 0 saturated heterocycles. The smallest absolute Gasteiger partial charge is 0.289 e. The van der Waals surface area contributed by atoms with Crippen LogP contribution in [-0.4, -0.2) is 120 Å². The van der Waals surface area contributed by atoms with Crippen LogP contribution in [0.2, 0.25) is 0 Å². The summed E-state index contributed by atoms with van der Waals surface area (Å²) >= 11 is 0. The summed E-state index contributed by atoms with van der Waals surface area (Å²) in [5.74, 6) is 0. The minimum atomic E-state index is -4.66. The fourth-order valence-corrected chi connectivity index (χ4v) is 11.5. The molecule has 3 aliphatic heterocycles. The Morgan fingerprint density at radius 3 is 1.35 bits per heavy atom. The second-order valence-corrected chi connectivity index (χ2v) is 20.7. The van der Waals surface area contributed by atoms with Gasteiger partial charge in [-0.05, 0) is 42.0 Å². The summed E-state index contributed by atoms with van der Waals surface area (Å²) in [6.45, 7) is -1.14. The molecule has 7 rings (SSSR count). The fraction of sp³-hybridized carbons (Fsp3) is 0.302. The third kappa shape index (κ3) is 13.1. The Hall–Kier alpha value is -6.41. The standard InChI is InChI=1S/C43H44N6O19S3/c50-43-31(46-71(61,62)40-17-9-6-14-34(40)49(55)56)22-23-64-37(43)27-66-42-21-19-30(45-70(59,60)39-16-8-5-13-33(39)48(53)54)36(68-42)26-65-41-20-18-29(35(67-41)25-63-24-28-10-2-1-3-11-28)44-69(57,58)38-15-7-4-12-32(38)47(51)52/h1-23,29-31,35-37,41-46,50H,24-27H2/t29-,30-,31-,35+,36+,37+,41-,42-,43+/m0/s1. The van der Waals surface area contributed by atoms with Gasteiger partial charge in [-0.2, -0.15) is 0 Å². The van der Waals surface area contributed by atoms with Gasteiger partial charge in [0, 0.05) is 18.2 Å². The maximum absolute atomic E-state index is 13.7. The number of rotatable bonds is 22. The van der Waals surface area contributed by atoms with Crippen molar-refractivity contribution < 1.29 is 73.6 Å². The first kappa shape index (κ1) is 52.4. The lowest BCUT2D eigenvalue weighted by Gasteiger charge is -2.36. The zero-order valence-electron chi connectivity index (χ0n) is 36.7. The van der Waals surface area contributed by atoms with Crippen molar-refractivity contribution in [1.82, 2.24) is 14.2 Å². The number of aliphatic hydroxyl groups excluding tert-OH is 1. The van der Waals surface area contributed by atoms with E-state index in [1.165, 1.54) is 66.8 Å². The predicted octanol–water partition coefficient (Wildman–Crippen LogP) is 2.84. The average Bonchev–Trinajstić information content (AvgIpc) is 3.34. The topological polar surface area (TPSA) is 344 Å². The Morgan fingerprint density at radius 1 is 0.507 bits per heavy atom. The van der Waals surface area contributed by atoms with Gasteiger partial charge in [0.05, 0.1) is 65.6 Å². The zero-order valence-corrected chi connectivity index (χ0v) is 39.1. The Labute approximate surface area is 405 Å². The van der Waals surface area contributed by atoms with E-state index in [0.717, 1.165) is 48.2 Å². The summed E-state index contributed by atoms with van der Waals surface area (Å²) in [6, 6.07) is 19.1. The number of ether oxygens (including phenoxy) is 6. The second kappa shape index (κ2) is 22.8. The van der Waals surface area contributed by atoms with Crippen LogP contribution < -0.4 is 14.2 Å². The Kier molecular flexibility index (Phi) is 16.8. The molecule has 0 amide bonds. The number of nitrogens with zero attached hydrogens (tertiary/aromatic N) is 3. The molecule has 71 heavy (non-hydrogen) atoms. The molecule has 28 heteroatoms. The van der Waals surface area contributed by atoms with Gasteiger partial charge in [-0.15, -0.1) is 0 Å². The van der Waals surface area contributed by atoms with Gasteiger partial charge in [0.1, 0.15) is 24.4 Å². The summed E-state index contributed by atoms with van der Waals surface area (Å²) in [5, 5.41) is 46.2. The van der Waals surface area contributed by atoms with Gasteiger partial charge < -0.3 is 33.5 Å². The molecule has 0 unspecified atom stereocenters. The molecule has 4 aromatic carbocycles. The second-order valence-electron chi connectivity index (χ2n) is 15.6. The number of benzene rings is 4. The molecule has 4 N–H and O–H groups in total. The lowest BCUT2D eigenvalue weighted by molar-refractivity contribution is -0.388. The molecule has 0 bridgehead atoms. The van der Waals surface area contributed by atoms with Crippen molar-refractivity contribution in [1.29, 1.82) is 0 Å². The molecular weight excluding hydrogens is 1000 g/mol. The van der Waals surface area contributed by atoms with Gasteiger partial charge >= 0.3 is 0 Å². The summed E-state index contributed by atoms with van der Waals surface area (Å²) in [4.78, 5) is 30.6. The van der Waals surface area contributed by atoms with E-state index in [2.05, 4.69) is 14.2 Å². The van der Waals surface area contributed by atoms with Crippen LogP contribution in [0.4, 0.5) is 17.1 Å². The molecule has 4 aromatic rings. The van der Waals surface area contributed by atoms with Crippen molar-refractivity contribution in [2.45, 2.75) is 76.4 Å². The zero-order chi connectivity index (χ0) is 50.9. The molecule has 0 spiro atoms. The highest BCUT2D eigenvalue weighted by molar-refractivity contribution is 7.90. The number of nitro benzene ring substituents is 3. The predicted molar refractivity (Wildman–Crippen MR) is 245 cm³/mol. The largest absolute Gasteiger partial charge is 0.493 e. The summed E-state index contributed by atoms with van der Waals surface area (Å²) in [7, 11) is -13.8. The van der Waals surface area contributed by atoms with Crippen LogP contribution in [0.5, 0.6) is 0 Å². The fourth-order valence-electron chi connectivity index (χ4n) is 7.36. The van der Waals surface area contributed by atoms with E-state index in [0.29, 0.717) is 0 Å². The number of aliphatic hydroxyl groups is 1.